The maximum Gasteiger partial charge on any atom is 0.311 e. The SMILES string of the molecule is CCOc1ccnc(NCC2(C(=O)O)CCC(C)CC2)n1. The van der Waals surface area contributed by atoms with Crippen molar-refractivity contribution < 1.29 is 14.6 Å². The summed E-state index contributed by atoms with van der Waals surface area (Å²) < 4.78 is 5.32. The molecule has 1 heterocycles. The van der Waals surface area contributed by atoms with E-state index in [2.05, 4.69) is 22.2 Å². The Kier molecular flexibility index (Phi) is 4.98. The van der Waals surface area contributed by atoms with Crippen molar-refractivity contribution in [2.75, 3.05) is 18.5 Å². The van der Waals surface area contributed by atoms with Crippen molar-refractivity contribution in [3.63, 3.8) is 0 Å². The third-order valence-electron chi connectivity index (χ3n) is 4.19. The Balaban J connectivity index is 2.02. The van der Waals surface area contributed by atoms with E-state index in [9.17, 15) is 9.90 Å². The van der Waals surface area contributed by atoms with Gasteiger partial charge in [-0.1, -0.05) is 6.92 Å². The van der Waals surface area contributed by atoms with Gasteiger partial charge in [0.1, 0.15) is 0 Å². The van der Waals surface area contributed by atoms with Gasteiger partial charge in [-0.15, -0.1) is 0 Å². The fraction of sp³-hybridized carbons (Fsp3) is 0.667. The predicted octanol–water partition coefficient (Wildman–Crippen LogP) is 2.57. The number of aromatic nitrogens is 2. The van der Waals surface area contributed by atoms with Gasteiger partial charge in [-0.3, -0.25) is 4.79 Å². The van der Waals surface area contributed by atoms with E-state index >= 15 is 0 Å². The molecule has 0 spiro atoms. The molecule has 2 rings (SSSR count). The van der Waals surface area contributed by atoms with Crippen molar-refractivity contribution in [3.8, 4) is 5.88 Å². The number of nitrogens with zero attached hydrogens (tertiary/aromatic N) is 2. The smallest absolute Gasteiger partial charge is 0.311 e. The second kappa shape index (κ2) is 6.74. The van der Waals surface area contributed by atoms with Crippen LogP contribution in [0.2, 0.25) is 0 Å². The zero-order valence-electron chi connectivity index (χ0n) is 12.6. The molecule has 6 nitrogen and oxygen atoms in total. The molecular formula is C15H23N3O3. The van der Waals surface area contributed by atoms with E-state index in [1.54, 1.807) is 12.3 Å². The van der Waals surface area contributed by atoms with Crippen LogP contribution in [0.1, 0.15) is 39.5 Å². The van der Waals surface area contributed by atoms with Gasteiger partial charge in [0.2, 0.25) is 11.8 Å². The summed E-state index contributed by atoms with van der Waals surface area (Å²) in [6.07, 6.45) is 4.90. The van der Waals surface area contributed by atoms with Crippen LogP contribution in [0.4, 0.5) is 5.95 Å². The third kappa shape index (κ3) is 3.83. The van der Waals surface area contributed by atoms with Crippen LogP contribution in [0.25, 0.3) is 0 Å². The van der Waals surface area contributed by atoms with Crippen molar-refractivity contribution in [2.45, 2.75) is 39.5 Å². The van der Waals surface area contributed by atoms with Gasteiger partial charge in [-0.2, -0.15) is 4.98 Å². The predicted molar refractivity (Wildman–Crippen MR) is 79.4 cm³/mol. The van der Waals surface area contributed by atoms with Crippen molar-refractivity contribution in [1.29, 1.82) is 0 Å². The Morgan fingerprint density at radius 3 is 2.86 bits per heavy atom. The molecule has 0 radical (unpaired) electrons. The van der Waals surface area contributed by atoms with Gasteiger partial charge >= 0.3 is 5.97 Å². The molecule has 6 heteroatoms. The molecule has 0 bridgehead atoms. The topological polar surface area (TPSA) is 84.3 Å². The summed E-state index contributed by atoms with van der Waals surface area (Å²) >= 11 is 0. The summed E-state index contributed by atoms with van der Waals surface area (Å²) in [5, 5.41) is 12.7. The molecule has 1 aliphatic rings. The molecule has 0 amide bonds. The lowest BCUT2D eigenvalue weighted by molar-refractivity contribution is -0.150. The molecule has 1 saturated carbocycles. The lowest BCUT2D eigenvalue weighted by atomic mass is 9.71. The van der Waals surface area contributed by atoms with Gasteiger partial charge in [0, 0.05) is 18.8 Å². The Morgan fingerprint density at radius 1 is 1.52 bits per heavy atom. The van der Waals surface area contributed by atoms with E-state index in [1.807, 2.05) is 6.92 Å². The molecule has 1 aromatic heterocycles. The molecule has 1 aromatic rings. The number of hydrogen-bond acceptors (Lipinski definition) is 5. The van der Waals surface area contributed by atoms with Crippen molar-refractivity contribution in [3.05, 3.63) is 12.3 Å². The first kappa shape index (κ1) is 15.5. The highest BCUT2D eigenvalue weighted by atomic mass is 16.5. The van der Waals surface area contributed by atoms with E-state index in [0.29, 0.717) is 43.7 Å². The number of nitrogens with one attached hydrogen (secondary N) is 1. The van der Waals surface area contributed by atoms with Crippen LogP contribution in [-0.4, -0.2) is 34.2 Å². The number of aliphatic carboxylic acids is 1. The largest absolute Gasteiger partial charge is 0.481 e. The maximum absolute atomic E-state index is 11.7. The molecule has 0 unspecified atom stereocenters. The van der Waals surface area contributed by atoms with Gasteiger partial charge in [-0.05, 0) is 38.5 Å². The second-order valence-corrected chi connectivity index (χ2v) is 5.77. The first-order chi connectivity index (χ1) is 10.1. The third-order valence-corrected chi connectivity index (χ3v) is 4.19. The fourth-order valence-corrected chi connectivity index (χ4v) is 2.68. The molecule has 0 aromatic carbocycles. The van der Waals surface area contributed by atoms with Crippen molar-refractivity contribution in [2.24, 2.45) is 11.3 Å². The average molecular weight is 293 g/mol. The lowest BCUT2D eigenvalue weighted by Gasteiger charge is -2.35. The van der Waals surface area contributed by atoms with E-state index in [0.717, 1.165) is 12.8 Å². The minimum Gasteiger partial charge on any atom is -0.481 e. The van der Waals surface area contributed by atoms with Crippen LogP contribution in [-0.2, 0) is 4.79 Å². The minimum absolute atomic E-state index is 0.352. The number of carbonyl (C=O) groups is 1. The van der Waals surface area contributed by atoms with Crippen LogP contribution in [0.5, 0.6) is 5.88 Å². The fourth-order valence-electron chi connectivity index (χ4n) is 2.68. The van der Waals surface area contributed by atoms with Gasteiger partial charge in [0.05, 0.1) is 12.0 Å². The van der Waals surface area contributed by atoms with Gasteiger partial charge in [-0.25, -0.2) is 4.98 Å². The summed E-state index contributed by atoms with van der Waals surface area (Å²) in [6.45, 7) is 4.95. The van der Waals surface area contributed by atoms with Crippen LogP contribution >= 0.6 is 0 Å². The zero-order chi connectivity index (χ0) is 15.3. The molecule has 0 saturated heterocycles. The number of ether oxygens (including phenoxy) is 1. The Hall–Kier alpha value is -1.85. The summed E-state index contributed by atoms with van der Waals surface area (Å²) in [7, 11) is 0. The first-order valence-corrected chi connectivity index (χ1v) is 7.49. The molecule has 116 valence electrons. The van der Waals surface area contributed by atoms with Gasteiger partial charge in [0.15, 0.2) is 0 Å². The Morgan fingerprint density at radius 2 is 2.24 bits per heavy atom. The monoisotopic (exact) mass is 293 g/mol. The van der Waals surface area contributed by atoms with E-state index in [-0.39, 0.29) is 0 Å². The lowest BCUT2D eigenvalue weighted by Crippen LogP contribution is -2.41. The van der Waals surface area contributed by atoms with Crippen molar-refractivity contribution in [1.82, 2.24) is 9.97 Å². The molecule has 0 atom stereocenters. The number of carboxylic acids is 1. The molecule has 1 aliphatic carbocycles. The van der Waals surface area contributed by atoms with Gasteiger partial charge in [0.25, 0.3) is 0 Å². The molecule has 21 heavy (non-hydrogen) atoms. The molecule has 1 fully saturated rings. The standard InChI is InChI=1S/C15H23N3O3/c1-3-21-12-6-9-16-14(18-12)17-10-15(13(19)20)7-4-11(2)5-8-15/h6,9,11H,3-5,7-8,10H2,1-2H3,(H,19,20)(H,16,17,18). The minimum atomic E-state index is -0.733. The normalized spacial score (nSPS) is 25.3. The zero-order valence-corrected chi connectivity index (χ0v) is 12.6. The van der Waals surface area contributed by atoms with E-state index in [4.69, 9.17) is 4.74 Å². The van der Waals surface area contributed by atoms with Crippen LogP contribution in [0.3, 0.4) is 0 Å². The van der Waals surface area contributed by atoms with Crippen LogP contribution < -0.4 is 10.1 Å². The molecule has 2 N–H and O–H groups in total. The average Bonchev–Trinajstić information content (AvgIpc) is 2.47. The highest BCUT2D eigenvalue weighted by Gasteiger charge is 2.41. The highest BCUT2D eigenvalue weighted by molar-refractivity contribution is 5.75. The van der Waals surface area contributed by atoms with E-state index in [1.165, 1.54) is 0 Å². The molecule has 0 aliphatic heterocycles. The summed E-state index contributed by atoms with van der Waals surface area (Å²) in [5.74, 6) is 0.787. The summed E-state index contributed by atoms with van der Waals surface area (Å²) in [6, 6.07) is 1.68. The number of rotatable bonds is 6. The maximum atomic E-state index is 11.7. The number of hydrogen-bond donors (Lipinski definition) is 2. The molecular weight excluding hydrogens is 270 g/mol. The van der Waals surface area contributed by atoms with Crippen LogP contribution in [0.15, 0.2) is 12.3 Å². The summed E-state index contributed by atoms with van der Waals surface area (Å²) in [5.41, 5.74) is -0.711. The highest BCUT2D eigenvalue weighted by Crippen LogP contribution is 2.39. The van der Waals surface area contributed by atoms with E-state index < -0.39 is 11.4 Å². The quantitative estimate of drug-likeness (QED) is 0.838. The van der Waals surface area contributed by atoms with Crippen molar-refractivity contribution >= 4 is 11.9 Å². The first-order valence-electron chi connectivity index (χ1n) is 7.49. The summed E-state index contributed by atoms with van der Waals surface area (Å²) in [4.78, 5) is 20.0. The van der Waals surface area contributed by atoms with Gasteiger partial charge < -0.3 is 15.2 Å². The Bertz CT molecular complexity index is 485. The Labute approximate surface area is 124 Å². The van der Waals surface area contributed by atoms with Crippen LogP contribution in [0, 0.1) is 11.3 Å². The number of anilines is 1. The number of carboxylic acid groups (broad SMARTS) is 1. The second-order valence-electron chi connectivity index (χ2n) is 5.77.